The lowest BCUT2D eigenvalue weighted by Crippen LogP contribution is -2.28. The van der Waals surface area contributed by atoms with Crippen LogP contribution in [0.3, 0.4) is 0 Å². The Morgan fingerprint density at radius 3 is 2.58 bits per heavy atom. The number of pyridine rings is 1. The van der Waals surface area contributed by atoms with Crippen LogP contribution in [-0.2, 0) is 11.8 Å². The zero-order valence-electron chi connectivity index (χ0n) is 23.5. The van der Waals surface area contributed by atoms with E-state index >= 15 is 0 Å². The molecule has 5 heterocycles. The fraction of sp³-hybridized carbons (Fsp3) is 0.281. The summed E-state index contributed by atoms with van der Waals surface area (Å²) < 4.78 is 9.37. The average Bonchev–Trinajstić information content (AvgIpc) is 3.70. The number of aromatic nitrogens is 4. The van der Waals surface area contributed by atoms with E-state index in [9.17, 15) is 4.79 Å². The Labute approximate surface area is 263 Å². The molecule has 7 rings (SSSR count). The Kier molecular flexibility index (Phi) is 7.92. The van der Waals surface area contributed by atoms with Crippen molar-refractivity contribution >= 4 is 57.6 Å². The van der Waals surface area contributed by atoms with Gasteiger partial charge in [0.1, 0.15) is 5.65 Å². The van der Waals surface area contributed by atoms with Crippen LogP contribution in [0.5, 0.6) is 0 Å². The first-order valence-electron chi connectivity index (χ1n) is 14.3. The van der Waals surface area contributed by atoms with Gasteiger partial charge in [0.05, 0.1) is 28.3 Å². The van der Waals surface area contributed by atoms with E-state index in [-0.39, 0.29) is 11.6 Å². The van der Waals surface area contributed by atoms with E-state index in [0.717, 1.165) is 35.7 Å². The molecule has 2 aliphatic heterocycles. The van der Waals surface area contributed by atoms with E-state index in [1.54, 1.807) is 16.8 Å². The molecular formula is C32H30Cl2N6O2S. The van der Waals surface area contributed by atoms with E-state index in [4.69, 9.17) is 32.9 Å². The van der Waals surface area contributed by atoms with Crippen LogP contribution in [0.2, 0.25) is 10.0 Å². The summed E-state index contributed by atoms with van der Waals surface area (Å²) in [5.41, 5.74) is 5.27. The van der Waals surface area contributed by atoms with Crippen LogP contribution >= 0.6 is 35.0 Å². The van der Waals surface area contributed by atoms with Crippen molar-refractivity contribution in [2.24, 2.45) is 7.05 Å². The van der Waals surface area contributed by atoms with Crippen LogP contribution < -0.4 is 16.2 Å². The van der Waals surface area contributed by atoms with Crippen molar-refractivity contribution in [2.45, 2.75) is 17.7 Å². The molecule has 2 N–H and O–H groups in total. The van der Waals surface area contributed by atoms with Crippen LogP contribution in [0, 0.1) is 0 Å². The van der Waals surface area contributed by atoms with Crippen molar-refractivity contribution in [3.8, 4) is 22.3 Å². The lowest BCUT2D eigenvalue weighted by Gasteiger charge is -2.22. The Balaban J connectivity index is 1.27. The van der Waals surface area contributed by atoms with Gasteiger partial charge in [0, 0.05) is 73.0 Å². The van der Waals surface area contributed by atoms with Gasteiger partial charge in [-0.25, -0.2) is 4.98 Å². The third-order valence-electron chi connectivity index (χ3n) is 7.99. The quantitative estimate of drug-likeness (QED) is 0.212. The fourth-order valence-electron chi connectivity index (χ4n) is 5.78. The number of halogens is 2. The highest BCUT2D eigenvalue weighted by atomic mass is 35.5. The maximum absolute atomic E-state index is 14.2. The molecule has 5 aromatic rings. The first-order valence-corrected chi connectivity index (χ1v) is 16.1. The molecule has 8 nitrogen and oxygen atoms in total. The molecular weight excluding hydrogens is 603 g/mol. The van der Waals surface area contributed by atoms with Gasteiger partial charge >= 0.3 is 0 Å². The highest BCUT2D eigenvalue weighted by Crippen LogP contribution is 2.39. The molecule has 0 radical (unpaired) electrons. The smallest absolute Gasteiger partial charge is 0.260 e. The molecule has 0 aliphatic carbocycles. The van der Waals surface area contributed by atoms with Crippen LogP contribution in [0.4, 0.5) is 11.6 Å². The third kappa shape index (κ3) is 5.68. The molecule has 3 aromatic heterocycles. The van der Waals surface area contributed by atoms with Gasteiger partial charge in [-0.05, 0) is 59.5 Å². The number of thioether (sulfide) groups is 1. The van der Waals surface area contributed by atoms with Crippen molar-refractivity contribution < 1.29 is 4.74 Å². The second-order valence-corrected chi connectivity index (χ2v) is 13.0. The summed E-state index contributed by atoms with van der Waals surface area (Å²) >= 11 is 15.6. The Bertz CT molecular complexity index is 1840. The largest absolute Gasteiger partial charge is 0.379 e. The molecule has 0 spiro atoms. The van der Waals surface area contributed by atoms with E-state index < -0.39 is 0 Å². The van der Waals surface area contributed by atoms with Gasteiger partial charge in [-0.15, -0.1) is 0 Å². The summed E-state index contributed by atoms with van der Waals surface area (Å²) in [6.45, 7) is 3.03. The molecule has 2 fully saturated rings. The normalized spacial score (nSPS) is 18.8. The number of nitrogens with zero attached hydrogens (tertiary/aromatic N) is 4. The van der Waals surface area contributed by atoms with Gasteiger partial charge in [0.15, 0.2) is 0 Å². The number of anilines is 2. The lowest BCUT2D eigenvalue weighted by molar-refractivity contribution is 0.186. The number of aryl methyl sites for hydroxylation is 1. The maximum Gasteiger partial charge on any atom is 0.260 e. The molecule has 0 amide bonds. The van der Waals surface area contributed by atoms with Crippen molar-refractivity contribution in [2.75, 3.05) is 37.4 Å². The molecule has 11 heteroatoms. The summed E-state index contributed by atoms with van der Waals surface area (Å²) in [4.78, 5) is 23.6. The number of rotatable bonds is 6. The summed E-state index contributed by atoms with van der Waals surface area (Å²) in [6, 6.07) is 15.7. The summed E-state index contributed by atoms with van der Waals surface area (Å²) in [7, 11) is 1.96. The molecule has 0 bridgehead atoms. The minimum atomic E-state index is -0.216. The summed E-state index contributed by atoms with van der Waals surface area (Å²) in [5.74, 6) is 1.53. The molecule has 2 aliphatic rings. The Morgan fingerprint density at radius 2 is 1.91 bits per heavy atom. The molecule has 43 heavy (non-hydrogen) atoms. The molecule has 0 saturated carbocycles. The summed E-state index contributed by atoms with van der Waals surface area (Å²) in [6.07, 6.45) is 6.40. The SMILES string of the molecule is Cn1ccc(-c2cc(Cl)c(-c3cc4cnc(Nc5ccc(C6CNCCS6)cc5)nc4n(C4CCOC4)c3=O)c(Cl)c2)c1. The first-order chi connectivity index (χ1) is 20.9. The van der Waals surface area contributed by atoms with Crippen LogP contribution in [0.25, 0.3) is 33.3 Å². The predicted octanol–water partition coefficient (Wildman–Crippen LogP) is 6.85. The topological polar surface area (TPSA) is 86.0 Å². The minimum absolute atomic E-state index is 0.167. The monoisotopic (exact) mass is 632 g/mol. The van der Waals surface area contributed by atoms with E-state index in [1.165, 1.54) is 5.56 Å². The third-order valence-corrected chi connectivity index (χ3v) is 9.86. The molecule has 220 valence electrons. The maximum atomic E-state index is 14.2. The molecule has 2 aromatic carbocycles. The zero-order chi connectivity index (χ0) is 29.5. The highest BCUT2D eigenvalue weighted by molar-refractivity contribution is 7.99. The fourth-order valence-corrected chi connectivity index (χ4v) is 7.61. The minimum Gasteiger partial charge on any atom is -0.379 e. The van der Waals surface area contributed by atoms with Crippen molar-refractivity contribution in [3.05, 3.63) is 93.1 Å². The average molecular weight is 634 g/mol. The van der Waals surface area contributed by atoms with E-state index in [0.29, 0.717) is 63.0 Å². The zero-order valence-corrected chi connectivity index (χ0v) is 25.8. The number of benzene rings is 2. The van der Waals surface area contributed by atoms with Crippen molar-refractivity contribution in [1.29, 1.82) is 0 Å². The lowest BCUT2D eigenvalue weighted by atomic mass is 10.0. The number of hydrogen-bond donors (Lipinski definition) is 2. The first kappa shape index (κ1) is 28.4. The number of hydrogen-bond acceptors (Lipinski definition) is 7. The van der Waals surface area contributed by atoms with E-state index in [1.807, 2.05) is 66.1 Å². The second-order valence-electron chi connectivity index (χ2n) is 10.9. The highest BCUT2D eigenvalue weighted by Gasteiger charge is 2.26. The van der Waals surface area contributed by atoms with Gasteiger partial charge in [0.25, 0.3) is 5.56 Å². The molecule has 2 saturated heterocycles. The second kappa shape index (κ2) is 12.0. The Morgan fingerprint density at radius 1 is 1.09 bits per heavy atom. The van der Waals surface area contributed by atoms with Gasteiger partial charge in [-0.1, -0.05) is 35.3 Å². The Hall–Kier alpha value is -3.34. The van der Waals surface area contributed by atoms with Crippen molar-refractivity contribution in [3.63, 3.8) is 0 Å². The predicted molar refractivity (Wildman–Crippen MR) is 176 cm³/mol. The van der Waals surface area contributed by atoms with Gasteiger partial charge in [0.2, 0.25) is 5.95 Å². The van der Waals surface area contributed by atoms with Crippen LogP contribution in [0.1, 0.15) is 23.3 Å². The number of ether oxygens (including phenoxy) is 1. The number of nitrogens with one attached hydrogen (secondary N) is 2. The molecule has 2 unspecified atom stereocenters. The molecule has 2 atom stereocenters. The van der Waals surface area contributed by atoms with E-state index in [2.05, 4.69) is 27.8 Å². The van der Waals surface area contributed by atoms with Crippen molar-refractivity contribution in [1.82, 2.24) is 24.4 Å². The standard InChI is InChI=1S/C32H30Cl2N6O2S/c1-39-9-6-20(17-39)21-13-26(33)29(27(34)14-21)25-12-22-15-36-32(38-30(22)40(31(25)41)24-7-10-42-18-24)37-23-4-2-19(3-5-23)28-16-35-8-11-43-28/h2-6,9,12-15,17,24,28,35H,7-8,10-11,16,18H2,1H3,(H,36,37,38). The van der Waals surface area contributed by atoms with Gasteiger partial charge in [-0.2, -0.15) is 16.7 Å². The van der Waals surface area contributed by atoms with Gasteiger partial charge in [-0.3, -0.25) is 9.36 Å². The van der Waals surface area contributed by atoms with Gasteiger partial charge < -0.3 is 19.9 Å². The van der Waals surface area contributed by atoms with Crippen LogP contribution in [-0.4, -0.2) is 51.2 Å². The number of fused-ring (bicyclic) bond motifs is 1. The summed E-state index contributed by atoms with van der Waals surface area (Å²) in [5, 5.41) is 8.75. The van der Waals surface area contributed by atoms with Crippen LogP contribution in [0.15, 0.2) is 71.9 Å².